The molecule has 1 saturated carbocycles. The normalized spacial score (nSPS) is 15.3. The number of benzene rings is 1. The van der Waals surface area contributed by atoms with E-state index in [0.717, 1.165) is 24.1 Å². The van der Waals surface area contributed by atoms with Crippen molar-refractivity contribution in [2.45, 2.75) is 71.3 Å². The van der Waals surface area contributed by atoms with E-state index in [1.807, 2.05) is 23.1 Å². The lowest BCUT2D eigenvalue weighted by atomic mass is 9.86. The van der Waals surface area contributed by atoms with E-state index in [4.69, 9.17) is 0 Å². The Bertz CT molecular complexity index is 584. The highest BCUT2D eigenvalue weighted by Crippen LogP contribution is 2.29. The fourth-order valence-corrected chi connectivity index (χ4v) is 3.49. The maximum absolute atomic E-state index is 12.4. The van der Waals surface area contributed by atoms with Crippen LogP contribution in [-0.4, -0.2) is 29.3 Å². The van der Waals surface area contributed by atoms with Crippen LogP contribution < -0.4 is 5.32 Å². The van der Waals surface area contributed by atoms with E-state index in [2.05, 4.69) is 32.2 Å². The van der Waals surface area contributed by atoms with Crippen molar-refractivity contribution < 1.29 is 9.59 Å². The SMILES string of the molecule is CC(=O)N(CCC(=O)Nc1ccccc1C(C)(C)C)C1CCCC1. The lowest BCUT2D eigenvalue weighted by Crippen LogP contribution is -2.39. The monoisotopic (exact) mass is 330 g/mol. The van der Waals surface area contributed by atoms with Crippen LogP contribution in [0.5, 0.6) is 0 Å². The quantitative estimate of drug-likeness (QED) is 0.883. The molecular formula is C20H30N2O2. The number of nitrogens with zero attached hydrogens (tertiary/aromatic N) is 1. The Balaban J connectivity index is 1.97. The summed E-state index contributed by atoms with van der Waals surface area (Å²) in [6.07, 6.45) is 4.83. The number of hydrogen-bond acceptors (Lipinski definition) is 2. The number of amides is 2. The molecule has 24 heavy (non-hydrogen) atoms. The first-order valence-electron chi connectivity index (χ1n) is 8.95. The zero-order valence-corrected chi connectivity index (χ0v) is 15.4. The summed E-state index contributed by atoms with van der Waals surface area (Å²) in [4.78, 5) is 26.1. The fourth-order valence-electron chi connectivity index (χ4n) is 3.49. The molecule has 0 aliphatic heterocycles. The lowest BCUT2D eigenvalue weighted by molar-refractivity contribution is -0.131. The van der Waals surface area contributed by atoms with Gasteiger partial charge in [0, 0.05) is 31.6 Å². The van der Waals surface area contributed by atoms with Gasteiger partial charge in [-0.3, -0.25) is 9.59 Å². The van der Waals surface area contributed by atoms with Crippen LogP contribution in [-0.2, 0) is 15.0 Å². The van der Waals surface area contributed by atoms with Crippen molar-refractivity contribution >= 4 is 17.5 Å². The highest BCUT2D eigenvalue weighted by atomic mass is 16.2. The van der Waals surface area contributed by atoms with Crippen LogP contribution in [0.2, 0.25) is 0 Å². The average Bonchev–Trinajstić information content (AvgIpc) is 3.00. The standard InChI is InChI=1S/C20H30N2O2/c1-15(23)22(16-9-5-6-10-16)14-13-19(24)21-18-12-8-7-11-17(18)20(2,3)4/h7-8,11-12,16H,5-6,9-10,13-14H2,1-4H3,(H,21,24). The summed E-state index contributed by atoms with van der Waals surface area (Å²) >= 11 is 0. The smallest absolute Gasteiger partial charge is 0.226 e. The number of carbonyl (C=O) groups is 2. The van der Waals surface area contributed by atoms with E-state index in [1.54, 1.807) is 6.92 Å². The third kappa shape index (κ3) is 4.83. The van der Waals surface area contributed by atoms with Crippen molar-refractivity contribution in [2.75, 3.05) is 11.9 Å². The van der Waals surface area contributed by atoms with E-state index < -0.39 is 0 Å². The molecule has 0 bridgehead atoms. The Morgan fingerprint density at radius 1 is 1.17 bits per heavy atom. The molecule has 0 heterocycles. The molecule has 0 aromatic heterocycles. The maximum Gasteiger partial charge on any atom is 0.226 e. The van der Waals surface area contributed by atoms with Gasteiger partial charge in [0.15, 0.2) is 0 Å². The highest BCUT2D eigenvalue weighted by molar-refractivity contribution is 5.92. The van der Waals surface area contributed by atoms with Crippen molar-refractivity contribution in [1.82, 2.24) is 4.90 Å². The van der Waals surface area contributed by atoms with Crippen LogP contribution in [0.1, 0.15) is 65.4 Å². The van der Waals surface area contributed by atoms with E-state index in [9.17, 15) is 9.59 Å². The van der Waals surface area contributed by atoms with Crippen LogP contribution in [0.25, 0.3) is 0 Å². The highest BCUT2D eigenvalue weighted by Gasteiger charge is 2.25. The second-order valence-electron chi connectivity index (χ2n) is 7.74. The summed E-state index contributed by atoms with van der Waals surface area (Å²) in [7, 11) is 0. The van der Waals surface area contributed by atoms with Crippen LogP contribution in [0.3, 0.4) is 0 Å². The Labute approximate surface area is 145 Å². The molecule has 4 nitrogen and oxygen atoms in total. The number of para-hydroxylation sites is 1. The minimum absolute atomic E-state index is 0.0286. The van der Waals surface area contributed by atoms with Crippen LogP contribution >= 0.6 is 0 Å². The number of nitrogens with one attached hydrogen (secondary N) is 1. The summed E-state index contributed by atoms with van der Waals surface area (Å²) in [5.41, 5.74) is 1.96. The minimum Gasteiger partial charge on any atom is -0.339 e. The molecule has 1 aromatic carbocycles. The predicted octanol–water partition coefficient (Wildman–Crippen LogP) is 4.10. The Kier molecular flexibility index (Phi) is 6.03. The Morgan fingerprint density at radius 3 is 2.38 bits per heavy atom. The minimum atomic E-state index is -0.0315. The van der Waals surface area contributed by atoms with Gasteiger partial charge in [-0.05, 0) is 29.9 Å². The van der Waals surface area contributed by atoms with Gasteiger partial charge in [0.1, 0.15) is 0 Å². The van der Waals surface area contributed by atoms with Gasteiger partial charge in [-0.1, -0.05) is 51.8 Å². The largest absolute Gasteiger partial charge is 0.339 e. The average molecular weight is 330 g/mol. The lowest BCUT2D eigenvalue weighted by Gasteiger charge is -2.28. The number of hydrogen-bond donors (Lipinski definition) is 1. The number of anilines is 1. The van der Waals surface area contributed by atoms with Crippen molar-refractivity contribution in [3.05, 3.63) is 29.8 Å². The molecule has 0 saturated heterocycles. The van der Waals surface area contributed by atoms with Crippen LogP contribution in [0.4, 0.5) is 5.69 Å². The van der Waals surface area contributed by atoms with E-state index in [1.165, 1.54) is 12.8 Å². The molecule has 1 aliphatic carbocycles. The van der Waals surface area contributed by atoms with E-state index in [-0.39, 0.29) is 17.2 Å². The summed E-state index contributed by atoms with van der Waals surface area (Å²) in [5, 5.41) is 3.03. The molecular weight excluding hydrogens is 300 g/mol. The van der Waals surface area contributed by atoms with Gasteiger partial charge in [-0.25, -0.2) is 0 Å². The topological polar surface area (TPSA) is 49.4 Å². The maximum atomic E-state index is 12.4. The third-order valence-corrected chi connectivity index (χ3v) is 4.76. The van der Waals surface area contributed by atoms with Crippen molar-refractivity contribution in [1.29, 1.82) is 0 Å². The molecule has 132 valence electrons. The molecule has 2 amide bonds. The molecule has 0 unspecified atom stereocenters. The Hall–Kier alpha value is -1.84. The zero-order valence-electron chi connectivity index (χ0n) is 15.4. The molecule has 0 atom stereocenters. The predicted molar refractivity (Wildman–Crippen MR) is 98.0 cm³/mol. The molecule has 0 spiro atoms. The molecule has 1 aliphatic rings. The summed E-state index contributed by atoms with van der Waals surface area (Å²) in [6, 6.07) is 8.24. The van der Waals surface area contributed by atoms with Crippen molar-refractivity contribution in [3.8, 4) is 0 Å². The van der Waals surface area contributed by atoms with Gasteiger partial charge in [-0.2, -0.15) is 0 Å². The summed E-state index contributed by atoms with van der Waals surface area (Å²) < 4.78 is 0. The number of rotatable bonds is 5. The second-order valence-corrected chi connectivity index (χ2v) is 7.74. The number of carbonyl (C=O) groups excluding carboxylic acids is 2. The van der Waals surface area contributed by atoms with Crippen molar-refractivity contribution in [2.24, 2.45) is 0 Å². The molecule has 1 N–H and O–H groups in total. The summed E-state index contributed by atoms with van der Waals surface area (Å²) in [6.45, 7) is 8.51. The summed E-state index contributed by atoms with van der Waals surface area (Å²) in [5.74, 6) is 0.0424. The van der Waals surface area contributed by atoms with Crippen LogP contribution in [0, 0.1) is 0 Å². The molecule has 1 aromatic rings. The van der Waals surface area contributed by atoms with Crippen molar-refractivity contribution in [3.63, 3.8) is 0 Å². The first-order valence-corrected chi connectivity index (χ1v) is 8.95. The van der Waals surface area contributed by atoms with E-state index >= 15 is 0 Å². The zero-order chi connectivity index (χ0) is 17.7. The fraction of sp³-hybridized carbons (Fsp3) is 0.600. The van der Waals surface area contributed by atoms with Crippen LogP contribution in [0.15, 0.2) is 24.3 Å². The van der Waals surface area contributed by atoms with Gasteiger partial charge >= 0.3 is 0 Å². The van der Waals surface area contributed by atoms with Gasteiger partial charge in [0.05, 0.1) is 0 Å². The van der Waals surface area contributed by atoms with Gasteiger partial charge in [-0.15, -0.1) is 0 Å². The first kappa shape index (κ1) is 18.5. The first-order chi connectivity index (χ1) is 11.3. The van der Waals surface area contributed by atoms with E-state index in [0.29, 0.717) is 19.0 Å². The third-order valence-electron chi connectivity index (χ3n) is 4.76. The molecule has 4 heteroatoms. The van der Waals surface area contributed by atoms with Gasteiger partial charge in [0.2, 0.25) is 11.8 Å². The molecule has 0 radical (unpaired) electrons. The van der Waals surface area contributed by atoms with Gasteiger partial charge < -0.3 is 10.2 Å². The second kappa shape index (κ2) is 7.82. The Morgan fingerprint density at radius 2 is 1.79 bits per heavy atom. The molecule has 1 fully saturated rings. The van der Waals surface area contributed by atoms with Gasteiger partial charge in [0.25, 0.3) is 0 Å². The molecule has 2 rings (SSSR count).